The Labute approximate surface area is 63.4 Å². The summed E-state index contributed by atoms with van der Waals surface area (Å²) in [5, 5.41) is 10.1. The van der Waals surface area contributed by atoms with Crippen molar-refractivity contribution in [2.24, 2.45) is 7.05 Å². The zero-order valence-corrected chi connectivity index (χ0v) is 6.15. The second-order valence-corrected chi connectivity index (χ2v) is 2.59. The van der Waals surface area contributed by atoms with E-state index in [9.17, 15) is 5.11 Å². The first kappa shape index (κ1) is 6.15. The Morgan fingerprint density at radius 2 is 2.27 bits per heavy atom. The molecule has 0 saturated heterocycles. The molecule has 4 nitrogen and oxygen atoms in total. The van der Waals surface area contributed by atoms with Crippen LogP contribution in [0.3, 0.4) is 0 Å². The first-order valence-corrected chi connectivity index (χ1v) is 3.30. The van der Waals surface area contributed by atoms with Crippen LogP contribution in [0.5, 0.6) is 5.75 Å². The standard InChI is InChI=1S/C7H9N3O/c1-9-4-6(11)5-2-3-10(8)7(5)9/h2-4,11H,8H2,1H3. The Kier molecular flexibility index (Phi) is 0.961. The van der Waals surface area contributed by atoms with Gasteiger partial charge in [0.1, 0.15) is 11.4 Å². The molecular formula is C7H9N3O. The molecule has 0 radical (unpaired) electrons. The molecule has 2 heterocycles. The van der Waals surface area contributed by atoms with Crippen LogP contribution in [-0.4, -0.2) is 14.3 Å². The average Bonchev–Trinajstić information content (AvgIpc) is 2.41. The molecule has 0 aromatic carbocycles. The second kappa shape index (κ2) is 1.72. The highest BCUT2D eigenvalue weighted by molar-refractivity contribution is 5.84. The fraction of sp³-hybridized carbons (Fsp3) is 0.143. The number of hydrogen-bond donors (Lipinski definition) is 2. The SMILES string of the molecule is Cn1cc(O)c2ccn(N)c21. The van der Waals surface area contributed by atoms with Crippen LogP contribution in [0.25, 0.3) is 11.0 Å². The van der Waals surface area contributed by atoms with Crippen molar-refractivity contribution in [2.45, 2.75) is 0 Å². The van der Waals surface area contributed by atoms with E-state index in [1.807, 2.05) is 7.05 Å². The summed E-state index contributed by atoms with van der Waals surface area (Å²) in [7, 11) is 1.84. The molecule has 0 atom stereocenters. The molecule has 58 valence electrons. The molecule has 3 N–H and O–H groups in total. The van der Waals surface area contributed by atoms with E-state index in [-0.39, 0.29) is 5.75 Å². The van der Waals surface area contributed by atoms with Crippen LogP contribution in [0.4, 0.5) is 0 Å². The fourth-order valence-corrected chi connectivity index (χ4v) is 1.33. The number of nitrogens with zero attached hydrogens (tertiary/aromatic N) is 2. The van der Waals surface area contributed by atoms with Crippen LogP contribution in [0, 0.1) is 0 Å². The van der Waals surface area contributed by atoms with E-state index in [2.05, 4.69) is 0 Å². The molecule has 0 fully saturated rings. The normalized spacial score (nSPS) is 11.0. The predicted molar refractivity (Wildman–Crippen MR) is 42.7 cm³/mol. The first-order valence-electron chi connectivity index (χ1n) is 3.30. The van der Waals surface area contributed by atoms with Crippen molar-refractivity contribution >= 4 is 11.0 Å². The number of nitrogen functional groups attached to an aromatic ring is 1. The summed E-state index contributed by atoms with van der Waals surface area (Å²) < 4.78 is 3.26. The van der Waals surface area contributed by atoms with E-state index in [1.165, 1.54) is 4.68 Å². The molecule has 0 amide bonds. The van der Waals surface area contributed by atoms with Crippen molar-refractivity contribution in [1.29, 1.82) is 0 Å². The van der Waals surface area contributed by atoms with Crippen molar-refractivity contribution in [3.05, 3.63) is 18.5 Å². The number of aryl methyl sites for hydroxylation is 1. The summed E-state index contributed by atoms with van der Waals surface area (Å²) in [5.74, 6) is 5.85. The highest BCUT2D eigenvalue weighted by Crippen LogP contribution is 2.25. The molecule has 4 heteroatoms. The Bertz CT molecular complexity index is 399. The minimum absolute atomic E-state index is 0.270. The summed E-state index contributed by atoms with van der Waals surface area (Å²) >= 11 is 0. The van der Waals surface area contributed by atoms with Crippen molar-refractivity contribution in [2.75, 3.05) is 5.84 Å². The summed E-state index contributed by atoms with van der Waals surface area (Å²) in [6, 6.07) is 1.78. The molecule has 0 unspecified atom stereocenters. The number of aromatic hydroxyl groups is 1. The van der Waals surface area contributed by atoms with Gasteiger partial charge in [-0.05, 0) is 6.07 Å². The van der Waals surface area contributed by atoms with Crippen molar-refractivity contribution < 1.29 is 5.11 Å². The van der Waals surface area contributed by atoms with Gasteiger partial charge < -0.3 is 15.5 Å². The van der Waals surface area contributed by atoms with Crippen LogP contribution < -0.4 is 5.84 Å². The van der Waals surface area contributed by atoms with Gasteiger partial charge in [-0.15, -0.1) is 0 Å². The molecule has 2 rings (SSSR count). The van der Waals surface area contributed by atoms with Gasteiger partial charge in [0.25, 0.3) is 0 Å². The molecule has 0 aliphatic heterocycles. The third-order valence-corrected chi connectivity index (χ3v) is 1.81. The monoisotopic (exact) mass is 151 g/mol. The van der Waals surface area contributed by atoms with Crippen LogP contribution in [0.15, 0.2) is 18.5 Å². The van der Waals surface area contributed by atoms with Crippen molar-refractivity contribution in [1.82, 2.24) is 9.24 Å². The van der Waals surface area contributed by atoms with E-state index in [1.54, 1.807) is 23.0 Å². The summed E-state index contributed by atoms with van der Waals surface area (Å²) in [4.78, 5) is 0. The van der Waals surface area contributed by atoms with E-state index >= 15 is 0 Å². The first-order chi connectivity index (χ1) is 5.20. The average molecular weight is 151 g/mol. The zero-order chi connectivity index (χ0) is 8.01. The van der Waals surface area contributed by atoms with Gasteiger partial charge in [0.2, 0.25) is 0 Å². The van der Waals surface area contributed by atoms with E-state index in [4.69, 9.17) is 5.84 Å². The second-order valence-electron chi connectivity index (χ2n) is 2.59. The summed E-state index contributed by atoms with van der Waals surface area (Å²) in [6.07, 6.45) is 3.35. The van der Waals surface area contributed by atoms with Gasteiger partial charge in [-0.2, -0.15) is 0 Å². The quantitative estimate of drug-likeness (QED) is 0.535. The van der Waals surface area contributed by atoms with Crippen LogP contribution >= 0.6 is 0 Å². The summed E-state index contributed by atoms with van der Waals surface area (Å²) in [6.45, 7) is 0. The number of fused-ring (bicyclic) bond motifs is 1. The van der Waals surface area contributed by atoms with Gasteiger partial charge in [0, 0.05) is 19.4 Å². The van der Waals surface area contributed by atoms with Gasteiger partial charge in [-0.1, -0.05) is 0 Å². The smallest absolute Gasteiger partial charge is 0.142 e. The predicted octanol–water partition coefficient (Wildman–Crippen LogP) is 0.399. The van der Waals surface area contributed by atoms with Gasteiger partial charge >= 0.3 is 0 Å². The third-order valence-electron chi connectivity index (χ3n) is 1.81. The van der Waals surface area contributed by atoms with E-state index in [0.717, 1.165) is 11.0 Å². The lowest BCUT2D eigenvalue weighted by molar-refractivity contribution is 0.479. The number of aromatic nitrogens is 2. The van der Waals surface area contributed by atoms with Crippen LogP contribution in [-0.2, 0) is 7.05 Å². The minimum Gasteiger partial charge on any atom is -0.506 e. The lowest BCUT2D eigenvalue weighted by Crippen LogP contribution is -2.07. The van der Waals surface area contributed by atoms with E-state index in [0.29, 0.717) is 0 Å². The van der Waals surface area contributed by atoms with Crippen LogP contribution in [0.1, 0.15) is 0 Å². The maximum absolute atomic E-state index is 9.32. The Hall–Kier alpha value is -1.58. The molecule has 0 saturated carbocycles. The van der Waals surface area contributed by atoms with Crippen LogP contribution in [0.2, 0.25) is 0 Å². The third kappa shape index (κ3) is 0.633. The summed E-state index contributed by atoms with van der Waals surface area (Å²) in [5.41, 5.74) is 0.822. The zero-order valence-electron chi connectivity index (χ0n) is 6.15. The van der Waals surface area contributed by atoms with Gasteiger partial charge in [0.15, 0.2) is 0 Å². The topological polar surface area (TPSA) is 56.1 Å². The number of hydrogen-bond acceptors (Lipinski definition) is 2. The van der Waals surface area contributed by atoms with Crippen molar-refractivity contribution in [3.8, 4) is 5.75 Å². The van der Waals surface area contributed by atoms with Crippen molar-refractivity contribution in [3.63, 3.8) is 0 Å². The number of rotatable bonds is 0. The maximum atomic E-state index is 9.32. The highest BCUT2D eigenvalue weighted by atomic mass is 16.3. The molecule has 11 heavy (non-hydrogen) atoms. The molecule has 0 aliphatic carbocycles. The Morgan fingerprint density at radius 3 is 2.91 bits per heavy atom. The Morgan fingerprint density at radius 1 is 1.55 bits per heavy atom. The molecule has 2 aromatic rings. The maximum Gasteiger partial charge on any atom is 0.142 e. The highest BCUT2D eigenvalue weighted by Gasteiger charge is 2.07. The fourth-order valence-electron chi connectivity index (χ4n) is 1.33. The largest absolute Gasteiger partial charge is 0.506 e. The van der Waals surface area contributed by atoms with Gasteiger partial charge in [-0.25, -0.2) is 0 Å². The number of nitrogens with two attached hydrogens (primary N) is 1. The van der Waals surface area contributed by atoms with Gasteiger partial charge in [0.05, 0.1) is 5.39 Å². The molecule has 0 spiro atoms. The molecule has 0 bridgehead atoms. The lowest BCUT2D eigenvalue weighted by Gasteiger charge is -1.95. The molecule has 2 aromatic heterocycles. The minimum atomic E-state index is 0.270. The lowest BCUT2D eigenvalue weighted by atomic mass is 10.4. The molecular weight excluding hydrogens is 142 g/mol. The Balaban J connectivity index is 2.98. The van der Waals surface area contributed by atoms with E-state index < -0.39 is 0 Å². The van der Waals surface area contributed by atoms with Gasteiger partial charge in [-0.3, -0.25) is 4.68 Å². The molecule has 0 aliphatic rings.